The molecule has 1 heterocycles. The van der Waals surface area contributed by atoms with Crippen molar-refractivity contribution in [3.63, 3.8) is 0 Å². The van der Waals surface area contributed by atoms with Gasteiger partial charge in [0.15, 0.2) is 0 Å². The Kier molecular flexibility index (Phi) is 6.42. The van der Waals surface area contributed by atoms with Crippen LogP contribution in [0.25, 0.3) is 0 Å². The number of unbranched alkanes of at least 4 members (excludes halogenated alkanes) is 1. The maximum Gasteiger partial charge on any atom is 0.271 e. The minimum Gasteiger partial charge on any atom is -0.384 e. The Hall–Kier alpha value is -1.37. The third-order valence-corrected chi connectivity index (χ3v) is 4.09. The van der Waals surface area contributed by atoms with Gasteiger partial charge in [0, 0.05) is 31.8 Å². The number of aryl methyl sites for hydroxylation is 1. The number of halogens is 1. The number of anilines is 1. The standard InChI is InChI=1S/C15H22ClN3O3/c1-12-10-13(19(20)21)11-14(16)15(12)17-4-2-3-5-18-6-8-22-9-7-18/h10-11,17H,2-9H2,1H3. The molecule has 1 N–H and O–H groups in total. The minimum absolute atomic E-state index is 0.0281. The van der Waals surface area contributed by atoms with E-state index in [1.54, 1.807) is 6.07 Å². The Bertz CT molecular complexity index is 496. The van der Waals surface area contributed by atoms with E-state index in [-0.39, 0.29) is 5.69 Å². The zero-order valence-electron chi connectivity index (χ0n) is 12.8. The van der Waals surface area contributed by atoms with Crippen LogP contribution >= 0.6 is 11.6 Å². The zero-order valence-corrected chi connectivity index (χ0v) is 13.6. The Morgan fingerprint density at radius 2 is 2.09 bits per heavy atom. The zero-order chi connectivity index (χ0) is 15.9. The van der Waals surface area contributed by atoms with E-state index >= 15 is 0 Å². The second-order valence-corrected chi connectivity index (χ2v) is 5.87. The molecule has 0 unspecified atom stereocenters. The van der Waals surface area contributed by atoms with E-state index in [1.165, 1.54) is 6.07 Å². The second kappa shape index (κ2) is 8.31. The molecule has 122 valence electrons. The van der Waals surface area contributed by atoms with E-state index in [2.05, 4.69) is 10.2 Å². The van der Waals surface area contributed by atoms with Crippen molar-refractivity contribution in [2.24, 2.45) is 0 Å². The van der Waals surface area contributed by atoms with Crippen molar-refractivity contribution in [3.8, 4) is 0 Å². The molecule has 7 heteroatoms. The highest BCUT2D eigenvalue weighted by Crippen LogP contribution is 2.30. The van der Waals surface area contributed by atoms with Crippen molar-refractivity contribution in [1.29, 1.82) is 0 Å². The first kappa shape index (κ1) is 17.0. The predicted molar refractivity (Wildman–Crippen MR) is 87.8 cm³/mol. The summed E-state index contributed by atoms with van der Waals surface area (Å²) >= 11 is 6.12. The topological polar surface area (TPSA) is 67.6 Å². The summed E-state index contributed by atoms with van der Waals surface area (Å²) in [5.41, 5.74) is 1.62. The van der Waals surface area contributed by atoms with Crippen LogP contribution in [0.5, 0.6) is 0 Å². The molecule has 2 rings (SSSR count). The van der Waals surface area contributed by atoms with E-state index in [9.17, 15) is 10.1 Å². The molecule has 1 saturated heterocycles. The Morgan fingerprint density at radius 3 is 2.73 bits per heavy atom. The summed E-state index contributed by atoms with van der Waals surface area (Å²) in [6, 6.07) is 2.94. The average Bonchev–Trinajstić information content (AvgIpc) is 2.50. The van der Waals surface area contributed by atoms with Gasteiger partial charge in [0.25, 0.3) is 5.69 Å². The molecule has 0 saturated carbocycles. The summed E-state index contributed by atoms with van der Waals surface area (Å²) in [5, 5.41) is 14.5. The molecule has 0 aromatic heterocycles. The Labute approximate surface area is 135 Å². The third kappa shape index (κ3) is 4.83. The van der Waals surface area contributed by atoms with Gasteiger partial charge in [-0.3, -0.25) is 15.0 Å². The van der Waals surface area contributed by atoms with Crippen LogP contribution in [-0.2, 0) is 4.74 Å². The number of rotatable bonds is 7. The van der Waals surface area contributed by atoms with Crippen LogP contribution in [0.15, 0.2) is 12.1 Å². The highest BCUT2D eigenvalue weighted by Gasteiger charge is 2.13. The molecule has 0 atom stereocenters. The molecule has 22 heavy (non-hydrogen) atoms. The predicted octanol–water partition coefficient (Wildman–Crippen LogP) is 3.08. The fraction of sp³-hybridized carbons (Fsp3) is 0.600. The van der Waals surface area contributed by atoms with Gasteiger partial charge < -0.3 is 10.1 Å². The summed E-state index contributed by atoms with van der Waals surface area (Å²) in [6.45, 7) is 7.41. The van der Waals surface area contributed by atoms with Crippen LogP contribution in [0.3, 0.4) is 0 Å². The molecule has 0 spiro atoms. The van der Waals surface area contributed by atoms with Gasteiger partial charge in [-0.25, -0.2) is 0 Å². The van der Waals surface area contributed by atoms with Crippen LogP contribution < -0.4 is 5.32 Å². The second-order valence-electron chi connectivity index (χ2n) is 5.46. The first-order valence-corrected chi connectivity index (χ1v) is 7.94. The maximum absolute atomic E-state index is 10.8. The van der Waals surface area contributed by atoms with Gasteiger partial charge in [0.2, 0.25) is 0 Å². The van der Waals surface area contributed by atoms with Gasteiger partial charge in [-0.15, -0.1) is 0 Å². The number of nitro groups is 1. The molecule has 0 amide bonds. The molecule has 0 bridgehead atoms. The fourth-order valence-corrected chi connectivity index (χ4v) is 2.88. The van der Waals surface area contributed by atoms with E-state index < -0.39 is 4.92 Å². The van der Waals surface area contributed by atoms with Gasteiger partial charge in [0.1, 0.15) is 0 Å². The molecule has 1 aromatic carbocycles. The van der Waals surface area contributed by atoms with Crippen molar-refractivity contribution in [2.45, 2.75) is 19.8 Å². The first-order chi connectivity index (χ1) is 10.6. The van der Waals surface area contributed by atoms with E-state index in [0.717, 1.165) is 63.5 Å². The third-order valence-electron chi connectivity index (χ3n) is 3.79. The van der Waals surface area contributed by atoms with E-state index in [1.807, 2.05) is 6.92 Å². The summed E-state index contributed by atoms with van der Waals surface area (Å²) in [7, 11) is 0. The number of hydrogen-bond donors (Lipinski definition) is 1. The number of morpholine rings is 1. The monoisotopic (exact) mass is 327 g/mol. The molecular formula is C15H22ClN3O3. The van der Waals surface area contributed by atoms with Gasteiger partial charge in [-0.05, 0) is 31.9 Å². The summed E-state index contributed by atoms with van der Waals surface area (Å²) in [4.78, 5) is 12.8. The Balaban J connectivity index is 1.75. The summed E-state index contributed by atoms with van der Waals surface area (Å²) in [5.74, 6) is 0. The van der Waals surface area contributed by atoms with Gasteiger partial charge >= 0.3 is 0 Å². The molecule has 6 nitrogen and oxygen atoms in total. The number of nitro benzene ring substituents is 1. The smallest absolute Gasteiger partial charge is 0.271 e. The van der Waals surface area contributed by atoms with Gasteiger partial charge in [-0.1, -0.05) is 11.6 Å². The highest BCUT2D eigenvalue weighted by molar-refractivity contribution is 6.33. The number of benzene rings is 1. The highest BCUT2D eigenvalue weighted by atomic mass is 35.5. The number of nitrogens with one attached hydrogen (secondary N) is 1. The molecule has 0 radical (unpaired) electrons. The molecule has 1 aromatic rings. The largest absolute Gasteiger partial charge is 0.384 e. The molecule has 0 aliphatic carbocycles. The summed E-state index contributed by atoms with van der Waals surface area (Å²) < 4.78 is 5.32. The lowest BCUT2D eigenvalue weighted by atomic mass is 10.1. The van der Waals surface area contributed by atoms with Crippen molar-refractivity contribution in [3.05, 3.63) is 32.8 Å². The Morgan fingerprint density at radius 1 is 1.36 bits per heavy atom. The lowest BCUT2D eigenvalue weighted by Crippen LogP contribution is -2.36. The first-order valence-electron chi connectivity index (χ1n) is 7.56. The number of hydrogen-bond acceptors (Lipinski definition) is 5. The number of non-ortho nitro benzene ring substituents is 1. The van der Waals surface area contributed by atoms with Gasteiger partial charge in [0.05, 0.1) is 28.8 Å². The average molecular weight is 328 g/mol. The van der Waals surface area contributed by atoms with Crippen molar-refractivity contribution < 1.29 is 9.66 Å². The SMILES string of the molecule is Cc1cc([N+](=O)[O-])cc(Cl)c1NCCCCN1CCOCC1. The lowest BCUT2D eigenvalue weighted by Gasteiger charge is -2.26. The van der Waals surface area contributed by atoms with Crippen LogP contribution in [0, 0.1) is 17.0 Å². The molecule has 1 fully saturated rings. The van der Waals surface area contributed by atoms with Crippen molar-refractivity contribution in [2.75, 3.05) is 44.7 Å². The molecule has 1 aliphatic heterocycles. The van der Waals surface area contributed by atoms with Crippen LogP contribution in [0.2, 0.25) is 5.02 Å². The number of nitrogens with zero attached hydrogens (tertiary/aromatic N) is 2. The lowest BCUT2D eigenvalue weighted by molar-refractivity contribution is -0.384. The van der Waals surface area contributed by atoms with Crippen molar-refractivity contribution in [1.82, 2.24) is 4.90 Å². The normalized spacial score (nSPS) is 15.7. The minimum atomic E-state index is -0.426. The van der Waals surface area contributed by atoms with Crippen LogP contribution in [0.1, 0.15) is 18.4 Å². The van der Waals surface area contributed by atoms with Crippen molar-refractivity contribution >= 4 is 23.0 Å². The quantitative estimate of drug-likeness (QED) is 0.473. The van der Waals surface area contributed by atoms with E-state index in [4.69, 9.17) is 16.3 Å². The van der Waals surface area contributed by atoms with Crippen LogP contribution in [0.4, 0.5) is 11.4 Å². The van der Waals surface area contributed by atoms with Gasteiger partial charge in [-0.2, -0.15) is 0 Å². The fourth-order valence-electron chi connectivity index (χ4n) is 2.55. The molecule has 1 aliphatic rings. The van der Waals surface area contributed by atoms with E-state index in [0.29, 0.717) is 5.02 Å². The summed E-state index contributed by atoms with van der Waals surface area (Å²) in [6.07, 6.45) is 2.14. The van der Waals surface area contributed by atoms with Crippen LogP contribution in [-0.4, -0.2) is 49.2 Å². The number of ether oxygens (including phenoxy) is 1. The maximum atomic E-state index is 10.8. The molecular weight excluding hydrogens is 306 g/mol.